The molecule has 1 saturated carbocycles. The number of amides is 2. The quantitative estimate of drug-likeness (QED) is 0.801. The van der Waals surface area contributed by atoms with Gasteiger partial charge in [-0.15, -0.1) is 0 Å². The van der Waals surface area contributed by atoms with Crippen molar-refractivity contribution in [2.24, 2.45) is 5.92 Å². The minimum atomic E-state index is -0.361. The topological polar surface area (TPSA) is 58.6 Å². The number of halogens is 1. The summed E-state index contributed by atoms with van der Waals surface area (Å²) in [7, 11) is 1.69. The van der Waals surface area contributed by atoms with E-state index in [2.05, 4.69) is 5.32 Å². The normalized spacial score (nSPS) is 21.4. The Labute approximate surface area is 176 Å². The van der Waals surface area contributed by atoms with Crippen molar-refractivity contribution < 1.29 is 18.7 Å². The van der Waals surface area contributed by atoms with E-state index in [0.717, 1.165) is 49.0 Å². The first-order valence-corrected chi connectivity index (χ1v) is 10.5. The Morgan fingerprint density at radius 1 is 1.17 bits per heavy atom. The monoisotopic (exact) mass is 410 g/mol. The summed E-state index contributed by atoms with van der Waals surface area (Å²) < 4.78 is 18.4. The number of nitrogens with zero attached hydrogens (tertiary/aromatic N) is 1. The highest BCUT2D eigenvalue weighted by Crippen LogP contribution is 2.36. The van der Waals surface area contributed by atoms with Crippen LogP contribution in [-0.2, 0) is 20.7 Å². The third-order valence-electron chi connectivity index (χ3n) is 6.27. The summed E-state index contributed by atoms with van der Waals surface area (Å²) >= 11 is 0. The lowest BCUT2D eigenvalue weighted by Gasteiger charge is -2.38. The summed E-state index contributed by atoms with van der Waals surface area (Å²) in [6.45, 7) is 2.59. The maximum Gasteiger partial charge on any atom is 0.231 e. The summed E-state index contributed by atoms with van der Waals surface area (Å²) in [5.41, 5.74) is 3.54. The highest BCUT2D eigenvalue weighted by molar-refractivity contribution is 5.98. The Morgan fingerprint density at radius 3 is 2.60 bits per heavy atom. The Bertz CT molecular complexity index is 938. The van der Waals surface area contributed by atoms with Gasteiger partial charge in [0, 0.05) is 30.9 Å². The van der Waals surface area contributed by atoms with Gasteiger partial charge in [-0.1, -0.05) is 12.1 Å². The van der Waals surface area contributed by atoms with E-state index in [1.165, 1.54) is 12.1 Å². The zero-order valence-corrected chi connectivity index (χ0v) is 17.4. The van der Waals surface area contributed by atoms with Crippen molar-refractivity contribution in [3.8, 4) is 0 Å². The Balaban J connectivity index is 1.47. The zero-order valence-electron chi connectivity index (χ0n) is 17.4. The lowest BCUT2D eigenvalue weighted by molar-refractivity contribution is -0.130. The third kappa shape index (κ3) is 4.10. The molecule has 0 aromatic heterocycles. The van der Waals surface area contributed by atoms with E-state index in [0.29, 0.717) is 5.69 Å². The molecular formula is C24H27FN2O3. The summed E-state index contributed by atoms with van der Waals surface area (Å²) in [4.78, 5) is 27.5. The molecule has 0 radical (unpaired) electrons. The van der Waals surface area contributed by atoms with E-state index in [-0.39, 0.29) is 35.6 Å². The summed E-state index contributed by atoms with van der Waals surface area (Å²) in [6, 6.07) is 11.7. The Morgan fingerprint density at radius 2 is 1.90 bits per heavy atom. The zero-order chi connectivity index (χ0) is 21.3. The molecule has 1 aliphatic heterocycles. The van der Waals surface area contributed by atoms with Crippen LogP contribution in [0.4, 0.5) is 15.8 Å². The van der Waals surface area contributed by atoms with Crippen LogP contribution in [0.2, 0.25) is 0 Å². The fraction of sp³-hybridized carbons (Fsp3) is 0.417. The second-order valence-electron chi connectivity index (χ2n) is 8.23. The molecule has 1 atom stereocenters. The number of nitrogens with one attached hydrogen (secondary N) is 1. The average molecular weight is 410 g/mol. The van der Waals surface area contributed by atoms with E-state index in [1.54, 1.807) is 19.2 Å². The Kier molecular flexibility index (Phi) is 5.86. The van der Waals surface area contributed by atoms with Crippen LogP contribution in [0.3, 0.4) is 0 Å². The number of methoxy groups -OCH3 is 1. The number of carbonyl (C=O) groups is 2. The number of ether oxygens (including phenoxy) is 1. The van der Waals surface area contributed by atoms with E-state index >= 15 is 0 Å². The molecule has 158 valence electrons. The first-order chi connectivity index (χ1) is 14.5. The molecule has 2 amide bonds. The predicted octanol–water partition coefficient (Wildman–Crippen LogP) is 4.27. The second kappa shape index (κ2) is 8.56. The van der Waals surface area contributed by atoms with Gasteiger partial charge >= 0.3 is 0 Å². The first-order valence-electron chi connectivity index (χ1n) is 10.5. The molecule has 0 spiro atoms. The number of rotatable bonds is 5. The number of hydrogen-bond donors (Lipinski definition) is 1. The van der Waals surface area contributed by atoms with Gasteiger partial charge in [-0.2, -0.15) is 0 Å². The third-order valence-corrected chi connectivity index (χ3v) is 6.27. The molecule has 6 heteroatoms. The fourth-order valence-corrected chi connectivity index (χ4v) is 4.23. The van der Waals surface area contributed by atoms with Crippen LogP contribution in [-0.4, -0.2) is 31.6 Å². The molecule has 30 heavy (non-hydrogen) atoms. The van der Waals surface area contributed by atoms with Gasteiger partial charge in [-0.3, -0.25) is 9.59 Å². The first kappa shape index (κ1) is 20.5. The molecule has 1 unspecified atom stereocenters. The van der Waals surface area contributed by atoms with E-state index in [4.69, 9.17) is 4.74 Å². The van der Waals surface area contributed by atoms with E-state index in [1.807, 2.05) is 30.0 Å². The van der Waals surface area contributed by atoms with Crippen molar-refractivity contribution in [3.63, 3.8) is 0 Å². The standard InChI is InChI=1S/C24H27FN2O3/c1-15(23(28)26-20-8-6-19(25)7-9-20)16-5-10-22-17(12-16)4-3-11-27(22)24(29)18-13-21(14-18)30-2/h5-10,12,15,18,21H,3-4,11,13-14H2,1-2H3,(H,26,28)/t15?,18-,21-. The van der Waals surface area contributed by atoms with Crippen molar-refractivity contribution in [2.75, 3.05) is 23.9 Å². The molecule has 1 N–H and O–H groups in total. The van der Waals surface area contributed by atoms with Crippen LogP contribution in [0.15, 0.2) is 42.5 Å². The van der Waals surface area contributed by atoms with Gasteiger partial charge in [0.15, 0.2) is 0 Å². The smallest absolute Gasteiger partial charge is 0.231 e. The van der Waals surface area contributed by atoms with Gasteiger partial charge in [0.2, 0.25) is 11.8 Å². The second-order valence-corrected chi connectivity index (χ2v) is 8.23. The number of benzene rings is 2. The summed E-state index contributed by atoms with van der Waals surface area (Å²) in [6.07, 6.45) is 3.59. The molecule has 2 aromatic rings. The molecule has 0 saturated heterocycles. The van der Waals surface area contributed by atoms with Crippen molar-refractivity contribution in [2.45, 2.75) is 44.6 Å². The average Bonchev–Trinajstić information content (AvgIpc) is 2.73. The summed E-state index contributed by atoms with van der Waals surface area (Å²) in [5.74, 6) is -0.625. The molecule has 4 rings (SSSR count). The van der Waals surface area contributed by atoms with Crippen molar-refractivity contribution in [3.05, 3.63) is 59.4 Å². The number of anilines is 2. The van der Waals surface area contributed by atoms with Gasteiger partial charge < -0.3 is 15.0 Å². The molecule has 2 aromatic carbocycles. The number of aryl methyl sites for hydroxylation is 1. The van der Waals surface area contributed by atoms with Gasteiger partial charge in [-0.25, -0.2) is 4.39 Å². The van der Waals surface area contributed by atoms with Crippen LogP contribution >= 0.6 is 0 Å². The van der Waals surface area contributed by atoms with Crippen molar-refractivity contribution in [1.82, 2.24) is 0 Å². The number of carbonyl (C=O) groups excluding carboxylic acids is 2. The lowest BCUT2D eigenvalue weighted by Crippen LogP contribution is -2.46. The predicted molar refractivity (Wildman–Crippen MR) is 114 cm³/mol. The SMILES string of the molecule is CO[C@H]1C[C@H](C(=O)N2CCCc3cc(C(C)C(=O)Nc4ccc(F)cc4)ccc32)C1. The molecule has 5 nitrogen and oxygen atoms in total. The summed E-state index contributed by atoms with van der Waals surface area (Å²) in [5, 5.41) is 2.83. The molecule has 1 fully saturated rings. The van der Waals surface area contributed by atoms with Crippen LogP contribution in [0.25, 0.3) is 0 Å². The minimum absolute atomic E-state index is 0.0426. The molecule has 0 bridgehead atoms. The van der Waals surface area contributed by atoms with E-state index in [9.17, 15) is 14.0 Å². The Hall–Kier alpha value is -2.73. The van der Waals surface area contributed by atoms with Gasteiger partial charge in [0.25, 0.3) is 0 Å². The van der Waals surface area contributed by atoms with Gasteiger partial charge in [-0.05, 0) is 74.1 Å². The lowest BCUT2D eigenvalue weighted by atomic mass is 9.80. The maximum atomic E-state index is 13.1. The fourth-order valence-electron chi connectivity index (χ4n) is 4.23. The molecular weight excluding hydrogens is 383 g/mol. The van der Waals surface area contributed by atoms with E-state index < -0.39 is 0 Å². The largest absolute Gasteiger partial charge is 0.381 e. The maximum absolute atomic E-state index is 13.1. The van der Waals surface area contributed by atoms with Crippen LogP contribution < -0.4 is 10.2 Å². The number of fused-ring (bicyclic) bond motifs is 1. The van der Waals surface area contributed by atoms with Gasteiger partial charge in [0.05, 0.1) is 12.0 Å². The van der Waals surface area contributed by atoms with Crippen molar-refractivity contribution >= 4 is 23.2 Å². The molecule has 1 aliphatic carbocycles. The van der Waals surface area contributed by atoms with Crippen LogP contribution in [0, 0.1) is 11.7 Å². The van der Waals surface area contributed by atoms with Gasteiger partial charge in [0.1, 0.15) is 5.82 Å². The van der Waals surface area contributed by atoms with Crippen LogP contribution in [0.5, 0.6) is 0 Å². The highest BCUT2D eigenvalue weighted by Gasteiger charge is 2.38. The van der Waals surface area contributed by atoms with Crippen LogP contribution in [0.1, 0.15) is 43.2 Å². The molecule has 2 aliphatic rings. The highest BCUT2D eigenvalue weighted by atomic mass is 19.1. The molecule has 1 heterocycles. The number of hydrogen-bond acceptors (Lipinski definition) is 3. The minimum Gasteiger partial charge on any atom is -0.381 e. The van der Waals surface area contributed by atoms with Crippen molar-refractivity contribution in [1.29, 1.82) is 0 Å².